The third-order valence-electron chi connectivity index (χ3n) is 4.06. The molecule has 3 heteroatoms. The minimum absolute atomic E-state index is 0.706. The van der Waals surface area contributed by atoms with Crippen molar-refractivity contribution in [2.75, 3.05) is 24.5 Å². The summed E-state index contributed by atoms with van der Waals surface area (Å²) in [7, 11) is 0. The van der Waals surface area contributed by atoms with E-state index in [1.807, 2.05) is 0 Å². The van der Waals surface area contributed by atoms with E-state index in [9.17, 15) is 0 Å². The van der Waals surface area contributed by atoms with E-state index in [0.717, 1.165) is 6.42 Å². The second kappa shape index (κ2) is 6.14. The zero-order chi connectivity index (χ0) is 13.8. The molecule has 1 aromatic carbocycles. The molecule has 0 unspecified atom stereocenters. The van der Waals surface area contributed by atoms with Crippen molar-refractivity contribution in [3.05, 3.63) is 48.3 Å². The van der Waals surface area contributed by atoms with Crippen molar-refractivity contribution in [1.29, 1.82) is 0 Å². The van der Waals surface area contributed by atoms with Gasteiger partial charge in [-0.3, -0.25) is 0 Å². The third kappa shape index (κ3) is 2.88. The van der Waals surface area contributed by atoms with Crippen LogP contribution in [0.3, 0.4) is 0 Å². The summed E-state index contributed by atoms with van der Waals surface area (Å²) in [6.45, 7) is 3.10. The zero-order valence-electron chi connectivity index (χ0n) is 12.0. The number of nitrogens with zero attached hydrogens (tertiary/aromatic N) is 2. The van der Waals surface area contributed by atoms with Crippen molar-refractivity contribution in [3.8, 4) is 5.69 Å². The van der Waals surface area contributed by atoms with Gasteiger partial charge in [0.2, 0.25) is 0 Å². The Kier molecular flexibility index (Phi) is 4.07. The van der Waals surface area contributed by atoms with Crippen LogP contribution < -0.4 is 10.6 Å². The molecule has 20 heavy (non-hydrogen) atoms. The van der Waals surface area contributed by atoms with Gasteiger partial charge in [0.25, 0.3) is 0 Å². The Morgan fingerprint density at radius 3 is 2.30 bits per heavy atom. The van der Waals surface area contributed by atoms with Crippen LogP contribution in [0.1, 0.15) is 24.8 Å². The average Bonchev–Trinajstić information content (AvgIpc) is 2.97. The standard InChI is InChI=1S/C17H23N3/c18-10-8-15-9-13-20(14-15)17-6-4-16(5-7-17)19-11-2-1-3-12-19/h4-7,9,13-14H,1-3,8,10-12,18H2. The van der Waals surface area contributed by atoms with Crippen LogP contribution in [0.25, 0.3) is 5.69 Å². The van der Waals surface area contributed by atoms with E-state index < -0.39 is 0 Å². The molecule has 1 saturated heterocycles. The SMILES string of the molecule is NCCc1ccn(-c2ccc(N3CCCCC3)cc2)c1. The molecular weight excluding hydrogens is 246 g/mol. The van der Waals surface area contributed by atoms with Gasteiger partial charge in [-0.05, 0) is 68.1 Å². The lowest BCUT2D eigenvalue weighted by Crippen LogP contribution is -2.29. The Morgan fingerprint density at radius 1 is 0.900 bits per heavy atom. The van der Waals surface area contributed by atoms with Crippen molar-refractivity contribution in [2.24, 2.45) is 5.73 Å². The topological polar surface area (TPSA) is 34.2 Å². The fourth-order valence-electron chi connectivity index (χ4n) is 2.90. The van der Waals surface area contributed by atoms with Crippen LogP contribution in [-0.2, 0) is 6.42 Å². The number of aromatic nitrogens is 1. The van der Waals surface area contributed by atoms with Crippen LogP contribution in [0.2, 0.25) is 0 Å². The Bertz CT molecular complexity index is 536. The number of hydrogen-bond acceptors (Lipinski definition) is 2. The van der Waals surface area contributed by atoms with Gasteiger partial charge >= 0.3 is 0 Å². The lowest BCUT2D eigenvalue weighted by molar-refractivity contribution is 0.578. The first-order valence-corrected chi connectivity index (χ1v) is 7.59. The van der Waals surface area contributed by atoms with Crippen molar-refractivity contribution >= 4 is 5.69 Å². The Labute approximate surface area is 121 Å². The van der Waals surface area contributed by atoms with Gasteiger partial charge in [0, 0.05) is 36.9 Å². The van der Waals surface area contributed by atoms with Gasteiger partial charge < -0.3 is 15.2 Å². The van der Waals surface area contributed by atoms with Gasteiger partial charge in [0.15, 0.2) is 0 Å². The predicted molar refractivity (Wildman–Crippen MR) is 84.6 cm³/mol. The molecule has 2 heterocycles. The van der Waals surface area contributed by atoms with Gasteiger partial charge in [-0.15, -0.1) is 0 Å². The van der Waals surface area contributed by atoms with Gasteiger partial charge in [-0.25, -0.2) is 0 Å². The minimum atomic E-state index is 0.706. The number of piperidine rings is 1. The maximum absolute atomic E-state index is 5.60. The first-order chi connectivity index (χ1) is 9.86. The van der Waals surface area contributed by atoms with Gasteiger partial charge in [-0.1, -0.05) is 0 Å². The summed E-state index contributed by atoms with van der Waals surface area (Å²) in [4.78, 5) is 2.49. The molecular formula is C17H23N3. The van der Waals surface area contributed by atoms with E-state index in [-0.39, 0.29) is 0 Å². The number of benzene rings is 1. The van der Waals surface area contributed by atoms with E-state index in [1.54, 1.807) is 0 Å². The summed E-state index contributed by atoms with van der Waals surface area (Å²) in [6, 6.07) is 11.0. The highest BCUT2D eigenvalue weighted by Crippen LogP contribution is 2.21. The fraction of sp³-hybridized carbons (Fsp3) is 0.412. The minimum Gasteiger partial charge on any atom is -0.372 e. The summed E-state index contributed by atoms with van der Waals surface area (Å²) in [5, 5.41) is 0. The summed E-state index contributed by atoms with van der Waals surface area (Å²) in [5.74, 6) is 0. The third-order valence-corrected chi connectivity index (χ3v) is 4.06. The largest absolute Gasteiger partial charge is 0.372 e. The molecule has 3 nitrogen and oxygen atoms in total. The van der Waals surface area contributed by atoms with E-state index in [4.69, 9.17) is 5.73 Å². The van der Waals surface area contributed by atoms with Crippen molar-refractivity contribution in [2.45, 2.75) is 25.7 Å². The van der Waals surface area contributed by atoms with Crippen LogP contribution in [-0.4, -0.2) is 24.2 Å². The summed E-state index contributed by atoms with van der Waals surface area (Å²) in [5.41, 5.74) is 9.46. The molecule has 1 aliphatic heterocycles. The van der Waals surface area contributed by atoms with Crippen molar-refractivity contribution in [3.63, 3.8) is 0 Å². The van der Waals surface area contributed by atoms with Gasteiger partial charge in [0.1, 0.15) is 0 Å². The van der Waals surface area contributed by atoms with E-state index in [2.05, 4.69) is 52.2 Å². The average molecular weight is 269 g/mol. The molecule has 0 atom stereocenters. The molecule has 1 aromatic heterocycles. The van der Waals surface area contributed by atoms with E-state index in [0.29, 0.717) is 6.54 Å². The fourth-order valence-corrected chi connectivity index (χ4v) is 2.90. The highest BCUT2D eigenvalue weighted by molar-refractivity contribution is 5.51. The monoisotopic (exact) mass is 269 g/mol. The van der Waals surface area contributed by atoms with Gasteiger partial charge in [0.05, 0.1) is 0 Å². The van der Waals surface area contributed by atoms with Crippen LogP contribution in [0.15, 0.2) is 42.7 Å². The number of hydrogen-bond donors (Lipinski definition) is 1. The van der Waals surface area contributed by atoms with Crippen molar-refractivity contribution < 1.29 is 0 Å². The Balaban J connectivity index is 1.74. The Morgan fingerprint density at radius 2 is 1.60 bits per heavy atom. The van der Waals surface area contributed by atoms with Gasteiger partial charge in [-0.2, -0.15) is 0 Å². The summed E-state index contributed by atoms with van der Waals surface area (Å²) >= 11 is 0. The maximum atomic E-state index is 5.60. The molecule has 106 valence electrons. The summed E-state index contributed by atoms with van der Waals surface area (Å²) in [6.07, 6.45) is 9.24. The van der Waals surface area contributed by atoms with Crippen molar-refractivity contribution in [1.82, 2.24) is 4.57 Å². The Hall–Kier alpha value is -1.74. The highest BCUT2D eigenvalue weighted by atomic mass is 15.1. The number of nitrogens with two attached hydrogens (primary N) is 1. The quantitative estimate of drug-likeness (QED) is 0.926. The zero-order valence-corrected chi connectivity index (χ0v) is 12.0. The number of anilines is 1. The first kappa shape index (κ1) is 13.3. The van der Waals surface area contributed by atoms with E-state index in [1.165, 1.54) is 49.3 Å². The molecule has 0 amide bonds. The van der Waals surface area contributed by atoms with Crippen LogP contribution in [0.4, 0.5) is 5.69 Å². The first-order valence-electron chi connectivity index (χ1n) is 7.59. The number of rotatable bonds is 4. The highest BCUT2D eigenvalue weighted by Gasteiger charge is 2.10. The van der Waals surface area contributed by atoms with Crippen LogP contribution in [0, 0.1) is 0 Å². The molecule has 1 fully saturated rings. The molecule has 3 rings (SSSR count). The molecule has 1 aliphatic rings. The second-order valence-corrected chi connectivity index (χ2v) is 5.53. The van der Waals surface area contributed by atoms with Crippen LogP contribution in [0.5, 0.6) is 0 Å². The molecule has 2 N–H and O–H groups in total. The maximum Gasteiger partial charge on any atom is 0.0450 e. The van der Waals surface area contributed by atoms with E-state index >= 15 is 0 Å². The predicted octanol–water partition coefficient (Wildman–Crippen LogP) is 2.97. The van der Waals surface area contributed by atoms with Crippen LogP contribution >= 0.6 is 0 Å². The molecule has 0 spiro atoms. The smallest absolute Gasteiger partial charge is 0.0450 e. The summed E-state index contributed by atoms with van der Waals surface area (Å²) < 4.78 is 2.17. The normalized spacial score (nSPS) is 15.6. The molecule has 0 saturated carbocycles. The molecule has 0 radical (unpaired) electrons. The molecule has 0 aliphatic carbocycles. The molecule has 2 aromatic rings. The lowest BCUT2D eigenvalue weighted by atomic mass is 10.1. The molecule has 0 bridgehead atoms. The second-order valence-electron chi connectivity index (χ2n) is 5.53. The lowest BCUT2D eigenvalue weighted by Gasteiger charge is -2.28.